The summed E-state index contributed by atoms with van der Waals surface area (Å²) < 4.78 is 46.4. The molecule has 0 radical (unpaired) electrons. The Hall–Kier alpha value is -3.16. The van der Waals surface area contributed by atoms with Crippen molar-refractivity contribution in [1.29, 1.82) is 0 Å². The molecule has 5 nitrogen and oxygen atoms in total. The van der Waals surface area contributed by atoms with Crippen molar-refractivity contribution in [2.24, 2.45) is 0 Å². The highest BCUT2D eigenvalue weighted by Gasteiger charge is 2.35. The highest BCUT2D eigenvalue weighted by Crippen LogP contribution is 2.38. The molecule has 0 unspecified atom stereocenters. The molecule has 0 aliphatic rings. The molecular formula is C21H21F3N4O. The number of anilines is 1. The van der Waals surface area contributed by atoms with Gasteiger partial charge in [-0.3, -0.25) is 4.98 Å². The Kier molecular flexibility index (Phi) is 5.21. The number of nitrogens with two attached hydrogens (primary N) is 1. The number of nitrogen functional groups attached to an aromatic ring is 1. The molecule has 3 aromatic rings. The Bertz CT molecular complexity index is 1040. The largest absolute Gasteiger partial charge is 0.472 e. The minimum absolute atomic E-state index is 0.0536. The number of alkyl halides is 3. The van der Waals surface area contributed by atoms with E-state index in [-0.39, 0.29) is 17.3 Å². The molecule has 0 spiro atoms. The van der Waals surface area contributed by atoms with Gasteiger partial charge >= 0.3 is 6.18 Å². The number of aryl methyl sites for hydroxylation is 1. The SMILES string of the molecule is Cc1cnc(N)cc1-c1cc(-c2cccnc2C(F)(F)F)cc(OC(C)(C)C)n1. The molecule has 152 valence electrons. The maximum Gasteiger partial charge on any atom is 0.433 e. The van der Waals surface area contributed by atoms with Gasteiger partial charge in [0.2, 0.25) is 5.88 Å². The molecule has 0 saturated heterocycles. The van der Waals surface area contributed by atoms with Gasteiger partial charge in [0.05, 0.1) is 5.69 Å². The fraction of sp³-hybridized carbons (Fsp3) is 0.286. The van der Waals surface area contributed by atoms with E-state index >= 15 is 0 Å². The first-order valence-corrected chi connectivity index (χ1v) is 8.90. The number of hydrogen-bond acceptors (Lipinski definition) is 5. The van der Waals surface area contributed by atoms with Crippen LogP contribution in [0.25, 0.3) is 22.4 Å². The van der Waals surface area contributed by atoms with E-state index in [0.29, 0.717) is 16.8 Å². The molecule has 0 bridgehead atoms. The van der Waals surface area contributed by atoms with Crippen LogP contribution in [0, 0.1) is 6.92 Å². The topological polar surface area (TPSA) is 73.9 Å². The van der Waals surface area contributed by atoms with E-state index in [1.165, 1.54) is 18.2 Å². The van der Waals surface area contributed by atoms with E-state index in [9.17, 15) is 13.2 Å². The maximum atomic E-state index is 13.5. The third kappa shape index (κ3) is 4.82. The number of pyridine rings is 3. The van der Waals surface area contributed by atoms with Gasteiger partial charge in [0.25, 0.3) is 0 Å². The number of nitrogens with zero attached hydrogens (tertiary/aromatic N) is 3. The Morgan fingerprint density at radius 3 is 2.38 bits per heavy atom. The van der Waals surface area contributed by atoms with Gasteiger partial charge in [-0.2, -0.15) is 13.2 Å². The van der Waals surface area contributed by atoms with Crippen LogP contribution in [0.4, 0.5) is 19.0 Å². The standard InChI is InChI=1S/C21H21F3N4O/c1-12-11-27-17(25)10-15(12)16-8-13(9-18(28-16)29-20(2,3)4)14-6-5-7-26-19(14)21(22,23)24/h5-11H,1-4H3,(H2,25,27). The molecule has 0 fully saturated rings. The smallest absolute Gasteiger partial charge is 0.433 e. The first-order chi connectivity index (χ1) is 13.4. The van der Waals surface area contributed by atoms with Crippen LogP contribution >= 0.6 is 0 Å². The highest BCUT2D eigenvalue weighted by molar-refractivity contribution is 5.75. The number of rotatable bonds is 3. The van der Waals surface area contributed by atoms with Crippen LogP contribution in [0.15, 0.2) is 42.7 Å². The Morgan fingerprint density at radius 2 is 1.72 bits per heavy atom. The number of halogens is 3. The highest BCUT2D eigenvalue weighted by atomic mass is 19.4. The van der Waals surface area contributed by atoms with Crippen LogP contribution in [0.2, 0.25) is 0 Å². The second kappa shape index (κ2) is 7.35. The van der Waals surface area contributed by atoms with Crippen molar-refractivity contribution in [3.63, 3.8) is 0 Å². The van der Waals surface area contributed by atoms with Crippen molar-refractivity contribution in [2.45, 2.75) is 39.5 Å². The second-order valence-corrected chi connectivity index (χ2v) is 7.62. The first-order valence-electron chi connectivity index (χ1n) is 8.90. The van der Waals surface area contributed by atoms with Crippen molar-refractivity contribution < 1.29 is 17.9 Å². The summed E-state index contributed by atoms with van der Waals surface area (Å²) in [6, 6.07) is 7.54. The normalized spacial score (nSPS) is 12.1. The number of hydrogen-bond donors (Lipinski definition) is 1. The van der Waals surface area contributed by atoms with Crippen molar-refractivity contribution in [3.05, 3.63) is 54.0 Å². The average molecular weight is 402 g/mol. The molecule has 0 aromatic carbocycles. The lowest BCUT2D eigenvalue weighted by Gasteiger charge is -2.22. The summed E-state index contributed by atoms with van der Waals surface area (Å²) in [5.74, 6) is 0.491. The van der Waals surface area contributed by atoms with Gasteiger partial charge in [-0.1, -0.05) is 6.07 Å². The minimum atomic E-state index is -4.60. The third-order valence-corrected chi connectivity index (χ3v) is 4.00. The van der Waals surface area contributed by atoms with Crippen molar-refractivity contribution >= 4 is 5.82 Å². The molecule has 0 aliphatic carbocycles. The summed E-state index contributed by atoms with van der Waals surface area (Å²) in [5, 5.41) is 0. The van der Waals surface area contributed by atoms with Gasteiger partial charge < -0.3 is 10.5 Å². The summed E-state index contributed by atoms with van der Waals surface area (Å²) >= 11 is 0. The molecule has 29 heavy (non-hydrogen) atoms. The van der Waals surface area contributed by atoms with E-state index < -0.39 is 17.5 Å². The summed E-state index contributed by atoms with van der Waals surface area (Å²) in [5.41, 5.74) is 6.38. The quantitative estimate of drug-likeness (QED) is 0.644. The van der Waals surface area contributed by atoms with Crippen molar-refractivity contribution in [2.75, 3.05) is 5.73 Å². The lowest BCUT2D eigenvalue weighted by atomic mass is 10.0. The van der Waals surface area contributed by atoms with Crippen LogP contribution < -0.4 is 10.5 Å². The van der Waals surface area contributed by atoms with Gasteiger partial charge in [-0.05, 0) is 57.0 Å². The predicted octanol–water partition coefficient (Wildman–Crippen LogP) is 5.29. The summed E-state index contributed by atoms with van der Waals surface area (Å²) in [6.45, 7) is 7.33. The van der Waals surface area contributed by atoms with Crippen LogP contribution in [-0.4, -0.2) is 20.6 Å². The molecule has 0 amide bonds. The van der Waals surface area contributed by atoms with Crippen LogP contribution in [0.5, 0.6) is 5.88 Å². The van der Waals surface area contributed by atoms with Gasteiger partial charge in [0.15, 0.2) is 5.69 Å². The molecule has 3 heterocycles. The van der Waals surface area contributed by atoms with Gasteiger partial charge in [-0.25, -0.2) is 9.97 Å². The zero-order valence-corrected chi connectivity index (χ0v) is 16.5. The Balaban J connectivity index is 2.26. The molecule has 3 rings (SSSR count). The first kappa shape index (κ1) is 20.6. The summed E-state index contributed by atoms with van der Waals surface area (Å²) in [7, 11) is 0. The number of aromatic nitrogens is 3. The van der Waals surface area contributed by atoms with E-state index in [4.69, 9.17) is 10.5 Å². The molecule has 8 heteroatoms. The van der Waals surface area contributed by atoms with E-state index in [1.54, 1.807) is 18.3 Å². The molecule has 0 aliphatic heterocycles. The molecule has 3 aromatic heterocycles. The lowest BCUT2D eigenvalue weighted by Crippen LogP contribution is -2.23. The van der Waals surface area contributed by atoms with Gasteiger partial charge in [0, 0.05) is 29.6 Å². The van der Waals surface area contributed by atoms with Crippen LogP contribution in [0.3, 0.4) is 0 Å². The number of ether oxygens (including phenoxy) is 1. The summed E-state index contributed by atoms with van der Waals surface area (Å²) in [4.78, 5) is 12.1. The lowest BCUT2D eigenvalue weighted by molar-refractivity contribution is -0.140. The molecule has 0 atom stereocenters. The van der Waals surface area contributed by atoms with Crippen molar-refractivity contribution in [1.82, 2.24) is 15.0 Å². The maximum absolute atomic E-state index is 13.5. The summed E-state index contributed by atoms with van der Waals surface area (Å²) in [6.07, 6.45) is -1.88. The average Bonchev–Trinajstić information content (AvgIpc) is 2.61. The Morgan fingerprint density at radius 1 is 1.00 bits per heavy atom. The van der Waals surface area contributed by atoms with Crippen LogP contribution in [0.1, 0.15) is 32.0 Å². The fourth-order valence-electron chi connectivity index (χ4n) is 2.84. The van der Waals surface area contributed by atoms with E-state index in [2.05, 4.69) is 15.0 Å². The zero-order chi connectivity index (χ0) is 21.4. The van der Waals surface area contributed by atoms with Gasteiger partial charge in [-0.15, -0.1) is 0 Å². The third-order valence-electron chi connectivity index (χ3n) is 4.00. The molecular weight excluding hydrogens is 381 g/mol. The molecule has 2 N–H and O–H groups in total. The van der Waals surface area contributed by atoms with Crippen LogP contribution in [-0.2, 0) is 6.18 Å². The second-order valence-electron chi connectivity index (χ2n) is 7.62. The molecule has 0 saturated carbocycles. The van der Waals surface area contributed by atoms with Gasteiger partial charge in [0.1, 0.15) is 11.4 Å². The zero-order valence-electron chi connectivity index (χ0n) is 16.5. The van der Waals surface area contributed by atoms with E-state index in [1.807, 2.05) is 27.7 Å². The minimum Gasteiger partial charge on any atom is -0.472 e. The monoisotopic (exact) mass is 402 g/mol. The predicted molar refractivity (Wildman–Crippen MR) is 105 cm³/mol. The van der Waals surface area contributed by atoms with E-state index in [0.717, 1.165) is 11.8 Å². The fourth-order valence-corrected chi connectivity index (χ4v) is 2.84. The van der Waals surface area contributed by atoms with Crippen molar-refractivity contribution in [3.8, 4) is 28.3 Å². The Labute approximate surface area is 166 Å².